The Morgan fingerprint density at radius 3 is 2.36 bits per heavy atom. The molecule has 1 aromatic rings. The fourth-order valence-corrected chi connectivity index (χ4v) is 3.84. The van der Waals surface area contributed by atoms with Gasteiger partial charge in [0.2, 0.25) is 11.8 Å². The lowest BCUT2D eigenvalue weighted by Gasteiger charge is -2.42. The lowest BCUT2D eigenvalue weighted by molar-refractivity contribution is -0.152. The van der Waals surface area contributed by atoms with Crippen LogP contribution >= 0.6 is 0 Å². The molecule has 0 radical (unpaired) electrons. The minimum Gasteiger partial charge on any atom is -0.395 e. The van der Waals surface area contributed by atoms with E-state index in [1.807, 2.05) is 12.1 Å². The molecule has 0 saturated carbocycles. The summed E-state index contributed by atoms with van der Waals surface area (Å²) in [5.41, 5.74) is 0.203. The Morgan fingerprint density at radius 1 is 1.11 bits per heavy atom. The fraction of sp³-hybridized carbons (Fsp3) is 0.650. The van der Waals surface area contributed by atoms with Gasteiger partial charge in [0.15, 0.2) is 0 Å². The van der Waals surface area contributed by atoms with E-state index in [1.54, 1.807) is 36.0 Å². The number of nitrogens with zero attached hydrogens (tertiary/aromatic N) is 4. The first-order chi connectivity index (χ1) is 13.3. The van der Waals surface area contributed by atoms with E-state index in [4.69, 9.17) is 0 Å². The van der Waals surface area contributed by atoms with Gasteiger partial charge in [-0.15, -0.1) is 0 Å². The van der Waals surface area contributed by atoms with Crippen molar-refractivity contribution in [3.8, 4) is 0 Å². The molecule has 0 bridgehead atoms. The molecule has 2 amide bonds. The molecule has 8 nitrogen and oxygen atoms in total. The molecule has 154 valence electrons. The van der Waals surface area contributed by atoms with E-state index in [9.17, 15) is 19.8 Å². The van der Waals surface area contributed by atoms with Crippen LogP contribution in [0.25, 0.3) is 0 Å². The van der Waals surface area contributed by atoms with Crippen LogP contribution in [0.3, 0.4) is 0 Å². The van der Waals surface area contributed by atoms with Crippen molar-refractivity contribution in [2.75, 3.05) is 50.8 Å². The molecule has 28 heavy (non-hydrogen) atoms. The topological polar surface area (TPSA) is 97.2 Å². The Bertz CT molecular complexity index is 689. The van der Waals surface area contributed by atoms with Crippen LogP contribution < -0.4 is 4.90 Å². The van der Waals surface area contributed by atoms with Gasteiger partial charge in [-0.1, -0.05) is 0 Å². The number of hydrogen-bond acceptors (Lipinski definition) is 6. The molecule has 2 atom stereocenters. The molecular weight excluding hydrogens is 360 g/mol. The molecule has 2 fully saturated rings. The van der Waals surface area contributed by atoms with Crippen LogP contribution in [0, 0.1) is 11.3 Å². The number of amides is 2. The normalized spacial score (nSPS) is 23.6. The number of rotatable bonds is 4. The standard InChI is InChI=1S/C20H30N4O4/c1-20(2,14-25)19(28)24-8-5-17(26)16(13-24)18(27)23-11-9-22(10-12-23)15-3-6-21-7-4-15/h3-4,6-7,16-17,25-26H,5,8-14H2,1-2H3/t16-,17+/m0/s1. The second kappa shape index (κ2) is 8.45. The highest BCUT2D eigenvalue weighted by molar-refractivity contribution is 5.84. The van der Waals surface area contributed by atoms with Gasteiger partial charge in [0, 0.05) is 57.3 Å². The van der Waals surface area contributed by atoms with Crippen molar-refractivity contribution in [2.45, 2.75) is 26.4 Å². The summed E-state index contributed by atoms with van der Waals surface area (Å²) in [4.78, 5) is 35.3. The Kier molecular flexibility index (Phi) is 6.20. The Morgan fingerprint density at radius 2 is 1.75 bits per heavy atom. The van der Waals surface area contributed by atoms with Crippen molar-refractivity contribution in [2.24, 2.45) is 11.3 Å². The summed E-state index contributed by atoms with van der Waals surface area (Å²) in [5.74, 6) is -0.886. The maximum Gasteiger partial charge on any atom is 0.230 e. The largest absolute Gasteiger partial charge is 0.395 e. The van der Waals surface area contributed by atoms with Gasteiger partial charge in [0.05, 0.1) is 24.0 Å². The van der Waals surface area contributed by atoms with Gasteiger partial charge in [0.1, 0.15) is 0 Å². The lowest BCUT2D eigenvalue weighted by Crippen LogP contribution is -2.57. The van der Waals surface area contributed by atoms with Gasteiger partial charge in [-0.25, -0.2) is 0 Å². The van der Waals surface area contributed by atoms with E-state index >= 15 is 0 Å². The Labute approximate surface area is 165 Å². The molecule has 1 aromatic heterocycles. The third-order valence-electron chi connectivity index (χ3n) is 5.77. The second-order valence-electron chi connectivity index (χ2n) is 8.27. The maximum absolute atomic E-state index is 13.0. The van der Waals surface area contributed by atoms with E-state index in [1.165, 1.54) is 0 Å². The number of aliphatic hydroxyl groups excluding tert-OH is 2. The molecule has 0 aromatic carbocycles. The summed E-state index contributed by atoms with van der Waals surface area (Å²) < 4.78 is 0. The zero-order chi connectivity index (χ0) is 20.3. The zero-order valence-corrected chi connectivity index (χ0v) is 16.6. The molecule has 8 heteroatoms. The summed E-state index contributed by atoms with van der Waals surface area (Å²) >= 11 is 0. The Hall–Kier alpha value is -2.19. The number of hydrogen-bond donors (Lipinski definition) is 2. The van der Waals surface area contributed by atoms with Crippen molar-refractivity contribution in [3.05, 3.63) is 24.5 Å². The van der Waals surface area contributed by atoms with E-state index in [-0.39, 0.29) is 25.0 Å². The van der Waals surface area contributed by atoms with Crippen LogP contribution in [-0.4, -0.2) is 88.8 Å². The van der Waals surface area contributed by atoms with Crippen LogP contribution in [0.4, 0.5) is 5.69 Å². The van der Waals surface area contributed by atoms with Crippen LogP contribution in [0.2, 0.25) is 0 Å². The van der Waals surface area contributed by atoms with Crippen molar-refractivity contribution in [1.82, 2.24) is 14.8 Å². The van der Waals surface area contributed by atoms with Crippen molar-refractivity contribution in [3.63, 3.8) is 0 Å². The van der Waals surface area contributed by atoms with Gasteiger partial charge >= 0.3 is 0 Å². The monoisotopic (exact) mass is 390 g/mol. The average Bonchev–Trinajstić information content (AvgIpc) is 2.74. The number of aromatic nitrogens is 1. The van der Waals surface area contributed by atoms with Crippen molar-refractivity contribution < 1.29 is 19.8 Å². The highest BCUT2D eigenvalue weighted by Gasteiger charge is 2.41. The quantitative estimate of drug-likeness (QED) is 0.749. The smallest absolute Gasteiger partial charge is 0.230 e. The highest BCUT2D eigenvalue weighted by Crippen LogP contribution is 2.26. The van der Waals surface area contributed by atoms with Gasteiger partial charge in [0.25, 0.3) is 0 Å². The first kappa shape index (κ1) is 20.5. The molecule has 2 saturated heterocycles. The van der Waals surface area contributed by atoms with E-state index in [2.05, 4.69) is 9.88 Å². The summed E-state index contributed by atoms with van der Waals surface area (Å²) in [6, 6.07) is 3.91. The maximum atomic E-state index is 13.0. The zero-order valence-electron chi connectivity index (χ0n) is 16.6. The SMILES string of the molecule is CC(C)(CO)C(=O)N1CC[C@@H](O)[C@@H](C(=O)N2CCN(c3ccncc3)CC2)C1. The van der Waals surface area contributed by atoms with Gasteiger partial charge in [-0.3, -0.25) is 14.6 Å². The van der Waals surface area contributed by atoms with E-state index in [0.29, 0.717) is 26.1 Å². The molecule has 0 aliphatic carbocycles. The molecule has 2 aliphatic rings. The fourth-order valence-electron chi connectivity index (χ4n) is 3.84. The van der Waals surface area contributed by atoms with Crippen LogP contribution in [0.15, 0.2) is 24.5 Å². The molecular formula is C20H30N4O4. The summed E-state index contributed by atoms with van der Waals surface area (Å²) in [5, 5.41) is 19.9. The van der Waals surface area contributed by atoms with Crippen molar-refractivity contribution >= 4 is 17.5 Å². The molecule has 0 spiro atoms. The lowest BCUT2D eigenvalue weighted by atomic mass is 9.88. The van der Waals surface area contributed by atoms with Crippen LogP contribution in [0.1, 0.15) is 20.3 Å². The second-order valence-corrected chi connectivity index (χ2v) is 8.27. The van der Waals surface area contributed by atoms with Gasteiger partial charge in [-0.05, 0) is 32.4 Å². The van der Waals surface area contributed by atoms with Gasteiger partial charge in [-0.2, -0.15) is 0 Å². The number of likely N-dealkylation sites (tertiary alicyclic amines) is 1. The van der Waals surface area contributed by atoms with E-state index in [0.717, 1.165) is 18.8 Å². The predicted molar refractivity (Wildman–Crippen MR) is 105 cm³/mol. The average molecular weight is 390 g/mol. The minimum atomic E-state index is -0.883. The van der Waals surface area contributed by atoms with Crippen LogP contribution in [-0.2, 0) is 9.59 Å². The predicted octanol–water partition coefficient (Wildman–Crippen LogP) is -0.0419. The number of piperazine rings is 1. The number of aliphatic hydroxyl groups is 2. The molecule has 2 N–H and O–H groups in total. The number of carbonyl (C=O) groups is 2. The third-order valence-corrected chi connectivity index (χ3v) is 5.77. The summed E-state index contributed by atoms with van der Waals surface area (Å²) in [6.07, 6.45) is 3.14. The number of anilines is 1. The van der Waals surface area contributed by atoms with Crippen LogP contribution in [0.5, 0.6) is 0 Å². The number of piperidine rings is 1. The molecule has 2 aliphatic heterocycles. The summed E-state index contributed by atoms with van der Waals surface area (Å²) in [6.45, 7) is 6.35. The summed E-state index contributed by atoms with van der Waals surface area (Å²) in [7, 11) is 0. The molecule has 0 unspecified atom stereocenters. The highest BCUT2D eigenvalue weighted by atomic mass is 16.3. The van der Waals surface area contributed by atoms with Crippen molar-refractivity contribution in [1.29, 1.82) is 0 Å². The number of carbonyl (C=O) groups excluding carboxylic acids is 2. The Balaban J connectivity index is 1.61. The third kappa shape index (κ3) is 4.28. The first-order valence-corrected chi connectivity index (χ1v) is 9.85. The molecule has 3 rings (SSSR count). The number of pyridine rings is 1. The first-order valence-electron chi connectivity index (χ1n) is 9.85. The van der Waals surface area contributed by atoms with Gasteiger partial charge < -0.3 is 24.9 Å². The minimum absolute atomic E-state index is 0.0961. The molecule has 3 heterocycles. The van der Waals surface area contributed by atoms with E-state index < -0.39 is 17.4 Å².